The van der Waals surface area contributed by atoms with Crippen LogP contribution in [0, 0.1) is 13.8 Å². The first-order valence-electron chi connectivity index (χ1n) is 9.77. The van der Waals surface area contributed by atoms with E-state index < -0.39 is 0 Å². The van der Waals surface area contributed by atoms with Crippen LogP contribution in [0.15, 0.2) is 59.7 Å². The van der Waals surface area contributed by atoms with Crippen molar-refractivity contribution in [2.24, 2.45) is 0 Å². The van der Waals surface area contributed by atoms with Crippen LogP contribution in [0.5, 0.6) is 5.75 Å². The number of hydrogen-bond donors (Lipinski definition) is 1. The van der Waals surface area contributed by atoms with E-state index >= 15 is 0 Å². The maximum atomic E-state index is 12.1. The van der Waals surface area contributed by atoms with Crippen molar-refractivity contribution in [3.63, 3.8) is 0 Å². The summed E-state index contributed by atoms with van der Waals surface area (Å²) in [5.41, 5.74) is 7.05. The average molecular weight is 389 g/mol. The van der Waals surface area contributed by atoms with E-state index in [2.05, 4.69) is 43.9 Å². The molecule has 0 atom stereocenters. The van der Waals surface area contributed by atoms with E-state index in [0.29, 0.717) is 18.9 Å². The zero-order valence-electron chi connectivity index (χ0n) is 17.5. The molecule has 29 heavy (non-hydrogen) atoms. The van der Waals surface area contributed by atoms with Crippen LogP contribution in [-0.2, 0) is 4.79 Å². The molecule has 4 heteroatoms. The summed E-state index contributed by atoms with van der Waals surface area (Å²) in [5, 5.41) is 3.77. The van der Waals surface area contributed by atoms with Crippen molar-refractivity contribution in [1.29, 1.82) is 0 Å². The maximum absolute atomic E-state index is 12.1. The minimum atomic E-state index is -0.160. The summed E-state index contributed by atoms with van der Waals surface area (Å²) >= 11 is 0. The molecule has 0 bridgehead atoms. The Bertz CT molecular complexity index is 1090. The summed E-state index contributed by atoms with van der Waals surface area (Å²) in [7, 11) is 0. The van der Waals surface area contributed by atoms with Crippen molar-refractivity contribution in [2.45, 2.75) is 27.7 Å². The number of ether oxygens (including phenoxy) is 1. The molecule has 0 aliphatic carbocycles. The Hall–Kier alpha value is -3.27. The Kier molecular flexibility index (Phi) is 6.23. The molecule has 0 unspecified atom stereocenters. The molecule has 1 amide bonds. The highest BCUT2D eigenvalue weighted by Crippen LogP contribution is 2.38. The molecule has 1 N–H and O–H groups in total. The summed E-state index contributed by atoms with van der Waals surface area (Å²) < 4.78 is 11.7. The number of nitrogens with one attached hydrogen (secondary N) is 1. The summed E-state index contributed by atoms with van der Waals surface area (Å²) in [6.07, 6.45) is 5.03. The number of allylic oxidation sites excluding steroid dienone is 1. The largest absolute Gasteiger partial charge is 0.493 e. The van der Waals surface area contributed by atoms with Gasteiger partial charge in [0.1, 0.15) is 11.3 Å². The fourth-order valence-electron chi connectivity index (χ4n) is 3.46. The first kappa shape index (κ1) is 20.5. The fourth-order valence-corrected chi connectivity index (χ4v) is 3.46. The molecule has 3 rings (SSSR count). The number of amides is 1. The van der Waals surface area contributed by atoms with Crippen LogP contribution in [0.2, 0.25) is 0 Å². The van der Waals surface area contributed by atoms with Gasteiger partial charge in [0.15, 0.2) is 0 Å². The number of aryl methyl sites for hydroxylation is 2. The first-order valence-corrected chi connectivity index (χ1v) is 9.77. The van der Waals surface area contributed by atoms with Crippen LogP contribution < -0.4 is 10.1 Å². The maximum Gasteiger partial charge on any atom is 0.244 e. The number of furan rings is 1. The number of rotatable bonds is 7. The molecule has 0 saturated carbocycles. The number of fused-ring (bicyclic) bond motifs is 1. The monoisotopic (exact) mass is 389 g/mol. The van der Waals surface area contributed by atoms with Gasteiger partial charge in [-0.2, -0.15) is 0 Å². The molecule has 3 aromatic rings. The van der Waals surface area contributed by atoms with Crippen molar-refractivity contribution in [3.8, 4) is 16.9 Å². The van der Waals surface area contributed by atoms with Crippen LogP contribution in [-0.4, -0.2) is 19.1 Å². The molecule has 150 valence electrons. The minimum absolute atomic E-state index is 0.160. The third kappa shape index (κ3) is 4.43. The molecule has 0 aliphatic heterocycles. The number of benzene rings is 2. The van der Waals surface area contributed by atoms with E-state index in [-0.39, 0.29) is 5.91 Å². The zero-order chi connectivity index (χ0) is 21.0. The summed E-state index contributed by atoms with van der Waals surface area (Å²) in [6, 6.07) is 10.3. The molecule has 1 aromatic heterocycles. The lowest BCUT2D eigenvalue weighted by Crippen LogP contribution is -2.20. The third-order valence-corrected chi connectivity index (χ3v) is 4.84. The number of carbonyl (C=O) groups is 1. The summed E-state index contributed by atoms with van der Waals surface area (Å²) in [6.45, 7) is 12.6. The Labute approximate surface area is 171 Å². The van der Waals surface area contributed by atoms with E-state index in [9.17, 15) is 4.79 Å². The van der Waals surface area contributed by atoms with Crippen LogP contribution in [0.3, 0.4) is 0 Å². The van der Waals surface area contributed by atoms with Gasteiger partial charge in [-0.15, -0.1) is 6.58 Å². The quantitative estimate of drug-likeness (QED) is 0.409. The van der Waals surface area contributed by atoms with Gasteiger partial charge in [0.2, 0.25) is 5.91 Å². The normalized spacial score (nSPS) is 11.5. The van der Waals surface area contributed by atoms with Crippen molar-refractivity contribution in [2.75, 3.05) is 13.2 Å². The highest BCUT2D eigenvalue weighted by Gasteiger charge is 2.16. The van der Waals surface area contributed by atoms with Gasteiger partial charge in [0.05, 0.1) is 12.9 Å². The lowest BCUT2D eigenvalue weighted by Gasteiger charge is -2.12. The van der Waals surface area contributed by atoms with Crippen molar-refractivity contribution in [3.05, 3.63) is 72.0 Å². The van der Waals surface area contributed by atoms with Crippen LogP contribution in [0.1, 0.15) is 30.5 Å². The second-order valence-corrected chi connectivity index (χ2v) is 7.11. The Morgan fingerprint density at radius 2 is 2.00 bits per heavy atom. The molecular weight excluding hydrogens is 362 g/mol. The van der Waals surface area contributed by atoms with Crippen LogP contribution >= 0.6 is 0 Å². The fraction of sp³-hybridized carbons (Fsp3) is 0.240. The van der Waals surface area contributed by atoms with Crippen molar-refractivity contribution >= 4 is 22.4 Å². The average Bonchev–Trinajstić information content (AvgIpc) is 3.08. The Morgan fingerprint density at radius 3 is 2.69 bits per heavy atom. The molecule has 0 spiro atoms. The lowest BCUT2D eigenvalue weighted by molar-refractivity contribution is -0.116. The zero-order valence-corrected chi connectivity index (χ0v) is 17.5. The van der Waals surface area contributed by atoms with Gasteiger partial charge < -0.3 is 14.5 Å². The molecular formula is C25H27NO3. The standard InChI is InChI=1S/C25H27NO3/c1-6-10-26-25(27)12-18(5)20-13-21-22(19-9-8-16(3)11-17(19)4)15-29-24(21)14-23(20)28-7-2/h6,8-9,11-15H,1,7,10H2,2-5H3,(H,26,27)/b18-12+. The van der Waals surface area contributed by atoms with E-state index in [0.717, 1.165) is 33.2 Å². The molecule has 4 nitrogen and oxygen atoms in total. The van der Waals surface area contributed by atoms with Crippen LogP contribution in [0.4, 0.5) is 0 Å². The highest BCUT2D eigenvalue weighted by atomic mass is 16.5. The van der Waals surface area contributed by atoms with Gasteiger partial charge >= 0.3 is 0 Å². The first-order chi connectivity index (χ1) is 13.9. The summed E-state index contributed by atoms with van der Waals surface area (Å²) in [4.78, 5) is 12.1. The molecule has 0 aliphatic rings. The SMILES string of the molecule is C=CCNC(=O)/C=C(\C)c1cc2c(-c3ccc(C)cc3C)coc2cc1OCC. The third-order valence-electron chi connectivity index (χ3n) is 4.84. The van der Waals surface area contributed by atoms with E-state index in [4.69, 9.17) is 9.15 Å². The summed E-state index contributed by atoms with van der Waals surface area (Å²) in [5.74, 6) is 0.540. The molecule has 2 aromatic carbocycles. The second kappa shape index (κ2) is 8.82. The predicted molar refractivity (Wildman–Crippen MR) is 119 cm³/mol. The van der Waals surface area contributed by atoms with Gasteiger partial charge in [-0.25, -0.2) is 0 Å². The van der Waals surface area contributed by atoms with E-state index in [1.54, 1.807) is 18.4 Å². The smallest absolute Gasteiger partial charge is 0.244 e. The van der Waals surface area contributed by atoms with Crippen LogP contribution in [0.25, 0.3) is 27.7 Å². The van der Waals surface area contributed by atoms with Gasteiger partial charge in [0.25, 0.3) is 0 Å². The van der Waals surface area contributed by atoms with E-state index in [1.165, 1.54) is 11.1 Å². The van der Waals surface area contributed by atoms with Gasteiger partial charge in [0, 0.05) is 35.2 Å². The molecule has 0 saturated heterocycles. The van der Waals surface area contributed by atoms with Gasteiger partial charge in [-0.3, -0.25) is 4.79 Å². The van der Waals surface area contributed by atoms with Gasteiger partial charge in [-0.1, -0.05) is 29.8 Å². The Morgan fingerprint density at radius 1 is 1.21 bits per heavy atom. The predicted octanol–water partition coefficient (Wildman–Crippen LogP) is 5.82. The molecule has 1 heterocycles. The molecule has 0 fully saturated rings. The second-order valence-electron chi connectivity index (χ2n) is 7.11. The van der Waals surface area contributed by atoms with Crippen molar-refractivity contribution in [1.82, 2.24) is 5.32 Å². The highest BCUT2D eigenvalue weighted by molar-refractivity contribution is 6.00. The topological polar surface area (TPSA) is 51.5 Å². The molecule has 0 radical (unpaired) electrons. The number of hydrogen-bond acceptors (Lipinski definition) is 3. The number of carbonyl (C=O) groups excluding carboxylic acids is 1. The minimum Gasteiger partial charge on any atom is -0.493 e. The van der Waals surface area contributed by atoms with Crippen molar-refractivity contribution < 1.29 is 13.9 Å². The lowest BCUT2D eigenvalue weighted by atomic mass is 9.96. The van der Waals surface area contributed by atoms with E-state index in [1.807, 2.05) is 26.0 Å². The Balaban J connectivity index is 2.13. The van der Waals surface area contributed by atoms with Gasteiger partial charge in [-0.05, 0) is 50.5 Å².